The zero-order chi connectivity index (χ0) is 14.7. The Morgan fingerprint density at radius 1 is 0.857 bits per heavy atom. The van der Waals surface area contributed by atoms with Gasteiger partial charge >= 0.3 is 0 Å². The number of carbonyl (C=O) groups is 1. The number of hydrogen-bond acceptors (Lipinski definition) is 1. The van der Waals surface area contributed by atoms with E-state index in [0.717, 1.165) is 34.1 Å². The van der Waals surface area contributed by atoms with Crippen LogP contribution < -0.4 is 0 Å². The summed E-state index contributed by atoms with van der Waals surface area (Å²) in [5.41, 5.74) is 6.41. The van der Waals surface area contributed by atoms with E-state index >= 15 is 0 Å². The molecular formula is C20H16O. The Morgan fingerprint density at radius 3 is 2.29 bits per heavy atom. The van der Waals surface area contributed by atoms with Crippen LogP contribution in [0.3, 0.4) is 0 Å². The molecule has 0 fully saturated rings. The quantitative estimate of drug-likeness (QED) is 0.743. The van der Waals surface area contributed by atoms with Gasteiger partial charge in [-0.15, -0.1) is 0 Å². The first kappa shape index (κ1) is 13.3. The lowest BCUT2D eigenvalue weighted by atomic mass is 9.82. The van der Waals surface area contributed by atoms with Crippen LogP contribution in [0.4, 0.5) is 0 Å². The fourth-order valence-electron chi connectivity index (χ4n) is 2.54. The fourth-order valence-corrected chi connectivity index (χ4v) is 2.54. The molecule has 2 aromatic rings. The monoisotopic (exact) mass is 272 g/mol. The van der Waals surface area contributed by atoms with Gasteiger partial charge in [0.15, 0.2) is 6.29 Å². The number of hydrogen-bond donors (Lipinski definition) is 0. The second-order valence-corrected chi connectivity index (χ2v) is 5.11. The molecule has 0 radical (unpaired) electrons. The molecule has 0 heterocycles. The molecule has 1 aliphatic rings. The van der Waals surface area contributed by atoms with E-state index < -0.39 is 0 Å². The summed E-state index contributed by atoms with van der Waals surface area (Å²) in [7, 11) is 0. The fraction of sp³-hybridized carbons (Fsp3) is 0.0500. The van der Waals surface area contributed by atoms with Gasteiger partial charge in [-0.25, -0.2) is 0 Å². The van der Waals surface area contributed by atoms with Crippen LogP contribution in [0.25, 0.3) is 11.6 Å². The molecule has 0 bridgehead atoms. The first-order chi connectivity index (χ1) is 10.3. The molecule has 0 aliphatic heterocycles. The molecule has 0 saturated heterocycles. The summed E-state index contributed by atoms with van der Waals surface area (Å²) < 4.78 is 0. The third kappa shape index (κ3) is 2.63. The van der Waals surface area contributed by atoms with E-state index in [9.17, 15) is 4.79 Å². The highest BCUT2D eigenvalue weighted by molar-refractivity contribution is 6.08. The summed E-state index contributed by atoms with van der Waals surface area (Å²) in [6.07, 6.45) is 7.02. The van der Waals surface area contributed by atoms with Gasteiger partial charge in [0.1, 0.15) is 0 Å². The first-order valence-corrected chi connectivity index (χ1v) is 7.00. The highest BCUT2D eigenvalue weighted by Crippen LogP contribution is 2.37. The van der Waals surface area contributed by atoms with Gasteiger partial charge < -0.3 is 0 Å². The molecule has 0 N–H and O–H groups in total. The molecule has 2 aromatic carbocycles. The van der Waals surface area contributed by atoms with E-state index in [4.69, 9.17) is 0 Å². The van der Waals surface area contributed by atoms with Gasteiger partial charge in [0.2, 0.25) is 0 Å². The van der Waals surface area contributed by atoms with Crippen molar-refractivity contribution in [2.24, 2.45) is 0 Å². The highest BCUT2D eigenvalue weighted by atomic mass is 16.1. The van der Waals surface area contributed by atoms with Crippen molar-refractivity contribution < 1.29 is 4.79 Å². The van der Waals surface area contributed by atoms with E-state index in [0.29, 0.717) is 0 Å². The van der Waals surface area contributed by atoms with Crippen LogP contribution in [0.5, 0.6) is 0 Å². The molecule has 3 rings (SSSR count). The molecule has 102 valence electrons. The maximum absolute atomic E-state index is 11.2. The second kappa shape index (κ2) is 5.76. The van der Waals surface area contributed by atoms with E-state index in [1.54, 1.807) is 0 Å². The van der Waals surface area contributed by atoms with Gasteiger partial charge in [0, 0.05) is 5.57 Å². The van der Waals surface area contributed by atoms with E-state index in [1.165, 1.54) is 5.56 Å². The zero-order valence-corrected chi connectivity index (χ0v) is 11.9. The van der Waals surface area contributed by atoms with Crippen LogP contribution in [-0.4, -0.2) is 6.29 Å². The maximum atomic E-state index is 11.2. The van der Waals surface area contributed by atoms with Crippen molar-refractivity contribution in [3.63, 3.8) is 0 Å². The zero-order valence-electron chi connectivity index (χ0n) is 11.9. The number of benzene rings is 2. The van der Waals surface area contributed by atoms with Crippen molar-refractivity contribution in [1.82, 2.24) is 0 Å². The number of carbonyl (C=O) groups excluding carboxylic acids is 1. The molecule has 0 amide bonds. The summed E-state index contributed by atoms with van der Waals surface area (Å²) >= 11 is 0. The van der Waals surface area contributed by atoms with E-state index in [2.05, 4.69) is 43.3 Å². The van der Waals surface area contributed by atoms with Gasteiger partial charge in [0.05, 0.1) is 0 Å². The lowest BCUT2D eigenvalue weighted by Gasteiger charge is -2.21. The molecule has 1 nitrogen and oxygen atoms in total. The van der Waals surface area contributed by atoms with Crippen LogP contribution in [0.1, 0.15) is 16.7 Å². The lowest BCUT2D eigenvalue weighted by molar-refractivity contribution is -0.104. The summed E-state index contributed by atoms with van der Waals surface area (Å²) in [5, 5.41) is 0. The standard InChI is InChI=1S/C20H16O/c1-15-7-5-6-10-19(15)20-17(13-18(20)14-21)12-11-16-8-3-2-4-9-16/h2-14H,1H3/b12-11+. The second-order valence-electron chi connectivity index (χ2n) is 5.11. The van der Waals surface area contributed by atoms with Crippen molar-refractivity contribution in [1.29, 1.82) is 0 Å². The molecule has 0 aromatic heterocycles. The summed E-state index contributed by atoms with van der Waals surface area (Å²) in [6, 6.07) is 18.3. The minimum Gasteiger partial charge on any atom is -0.298 e. The van der Waals surface area contributed by atoms with Gasteiger partial charge in [-0.3, -0.25) is 4.79 Å². The van der Waals surface area contributed by atoms with Crippen LogP contribution in [0, 0.1) is 6.92 Å². The van der Waals surface area contributed by atoms with Crippen LogP contribution in [-0.2, 0) is 4.79 Å². The third-order valence-corrected chi connectivity index (χ3v) is 3.68. The Balaban J connectivity index is 1.96. The first-order valence-electron chi connectivity index (χ1n) is 7.00. The summed E-state index contributed by atoms with van der Waals surface area (Å²) in [6.45, 7) is 2.07. The smallest absolute Gasteiger partial charge is 0.150 e. The largest absolute Gasteiger partial charge is 0.298 e. The van der Waals surface area contributed by atoms with Crippen LogP contribution in [0.15, 0.2) is 77.9 Å². The number of rotatable bonds is 4. The van der Waals surface area contributed by atoms with Crippen LogP contribution >= 0.6 is 0 Å². The Hall–Kier alpha value is -2.67. The minimum atomic E-state index is 0.775. The van der Waals surface area contributed by atoms with Gasteiger partial charge in [-0.05, 0) is 40.8 Å². The van der Waals surface area contributed by atoms with Crippen LogP contribution in [0.2, 0.25) is 0 Å². The number of aryl methyl sites for hydroxylation is 1. The molecule has 0 spiro atoms. The molecule has 1 aliphatic carbocycles. The SMILES string of the molecule is Cc1ccccc1C1=C(/C=C/c2ccccc2)C=C1C=O. The van der Waals surface area contributed by atoms with Gasteiger partial charge in [-0.1, -0.05) is 66.7 Å². The molecule has 1 heteroatoms. The van der Waals surface area contributed by atoms with Gasteiger partial charge in [0.25, 0.3) is 0 Å². The van der Waals surface area contributed by atoms with Crippen molar-refractivity contribution in [2.45, 2.75) is 6.92 Å². The van der Waals surface area contributed by atoms with Crippen molar-refractivity contribution >= 4 is 17.9 Å². The average Bonchev–Trinajstić information content (AvgIpc) is 2.50. The van der Waals surface area contributed by atoms with Crippen molar-refractivity contribution in [3.05, 3.63) is 94.6 Å². The average molecular weight is 272 g/mol. The van der Waals surface area contributed by atoms with E-state index in [1.807, 2.05) is 36.4 Å². The normalized spacial score (nSPS) is 14.0. The van der Waals surface area contributed by atoms with Crippen molar-refractivity contribution in [3.8, 4) is 0 Å². The topological polar surface area (TPSA) is 17.1 Å². The number of aldehydes is 1. The van der Waals surface area contributed by atoms with Crippen molar-refractivity contribution in [2.75, 3.05) is 0 Å². The molecular weight excluding hydrogens is 256 g/mol. The molecule has 0 saturated carbocycles. The predicted octanol–water partition coefficient (Wildman–Crippen LogP) is 4.60. The summed E-state index contributed by atoms with van der Waals surface area (Å²) in [5.74, 6) is 0. The highest BCUT2D eigenvalue weighted by Gasteiger charge is 2.20. The van der Waals surface area contributed by atoms with Gasteiger partial charge in [-0.2, -0.15) is 0 Å². The Bertz CT molecular complexity index is 761. The Kier molecular flexibility index (Phi) is 3.65. The number of allylic oxidation sites excluding steroid dienone is 5. The maximum Gasteiger partial charge on any atom is 0.150 e. The third-order valence-electron chi connectivity index (χ3n) is 3.68. The molecule has 0 atom stereocenters. The summed E-state index contributed by atoms with van der Waals surface area (Å²) in [4.78, 5) is 11.2. The molecule has 0 unspecified atom stereocenters. The van der Waals surface area contributed by atoms with E-state index in [-0.39, 0.29) is 0 Å². The molecule has 21 heavy (non-hydrogen) atoms. The predicted molar refractivity (Wildman–Crippen MR) is 87.7 cm³/mol. The Morgan fingerprint density at radius 2 is 1.57 bits per heavy atom. The lowest BCUT2D eigenvalue weighted by Crippen LogP contribution is -2.05. The minimum absolute atomic E-state index is 0.775. The Labute approximate surface area is 124 Å².